The second-order valence-corrected chi connectivity index (χ2v) is 3.22. The van der Waals surface area contributed by atoms with E-state index in [4.69, 9.17) is 11.6 Å². The fourth-order valence-electron chi connectivity index (χ4n) is 0.676. The molecule has 0 bridgehead atoms. The average molecular weight is 187 g/mol. The first kappa shape index (κ1) is 9.19. The fourth-order valence-corrected chi connectivity index (χ4v) is 0.810. The largest absolute Gasteiger partial charge is 0.368 e. The number of hydrogen-bond acceptors (Lipinski definition) is 4. The lowest BCUT2D eigenvalue weighted by atomic mass is 10.2. The van der Waals surface area contributed by atoms with Gasteiger partial charge in [-0.3, -0.25) is 0 Å². The van der Waals surface area contributed by atoms with E-state index in [0.29, 0.717) is 11.7 Å². The lowest BCUT2D eigenvalue weighted by molar-refractivity contribution is 0.686. The molecule has 5 heteroatoms. The normalized spacial score (nSPS) is 10.3. The minimum atomic E-state index is 0.170. The maximum atomic E-state index is 5.54. The van der Waals surface area contributed by atoms with Gasteiger partial charge in [0.2, 0.25) is 5.28 Å². The Morgan fingerprint density at radius 1 is 1.58 bits per heavy atom. The van der Waals surface area contributed by atoms with Crippen LogP contribution in [0.3, 0.4) is 0 Å². The van der Waals surface area contributed by atoms with Crippen LogP contribution in [0, 0.1) is 5.92 Å². The summed E-state index contributed by atoms with van der Waals surface area (Å²) in [4.78, 5) is 3.93. The summed E-state index contributed by atoms with van der Waals surface area (Å²) in [5.41, 5.74) is 0. The summed E-state index contributed by atoms with van der Waals surface area (Å²) in [5.74, 6) is 1.24. The molecule has 0 aliphatic rings. The number of halogens is 1. The van der Waals surface area contributed by atoms with Crippen LogP contribution in [-0.4, -0.2) is 21.7 Å². The maximum absolute atomic E-state index is 5.54. The van der Waals surface area contributed by atoms with Crippen LogP contribution in [0.5, 0.6) is 0 Å². The van der Waals surface area contributed by atoms with Crippen molar-refractivity contribution >= 4 is 17.4 Å². The Morgan fingerprint density at radius 3 is 2.92 bits per heavy atom. The molecule has 66 valence electrons. The molecule has 1 aromatic rings. The molecular formula is C7H11ClN4. The lowest BCUT2D eigenvalue weighted by Gasteiger charge is -2.06. The van der Waals surface area contributed by atoms with Crippen LogP contribution < -0.4 is 5.32 Å². The second kappa shape index (κ2) is 4.21. The first-order valence-corrected chi connectivity index (χ1v) is 4.15. The highest BCUT2D eigenvalue weighted by atomic mass is 35.5. The molecule has 0 fully saturated rings. The van der Waals surface area contributed by atoms with Gasteiger partial charge in [0.15, 0.2) is 0 Å². The first-order valence-electron chi connectivity index (χ1n) is 3.77. The Bertz CT molecular complexity index is 251. The van der Waals surface area contributed by atoms with E-state index in [1.165, 1.54) is 0 Å². The standard InChI is InChI=1S/C7H11ClN4/c1-5(2)3-9-6-4-10-12-7(8)11-6/h4-5H,3H2,1-2H3,(H,9,11,12). The van der Waals surface area contributed by atoms with Crippen LogP contribution in [-0.2, 0) is 0 Å². The van der Waals surface area contributed by atoms with Gasteiger partial charge in [-0.25, -0.2) is 0 Å². The molecule has 1 N–H and O–H groups in total. The minimum absolute atomic E-state index is 0.170. The van der Waals surface area contributed by atoms with Gasteiger partial charge in [-0.2, -0.15) is 10.1 Å². The summed E-state index contributed by atoms with van der Waals surface area (Å²) in [6.07, 6.45) is 1.55. The van der Waals surface area contributed by atoms with Crippen molar-refractivity contribution < 1.29 is 0 Å². The number of hydrogen-bond donors (Lipinski definition) is 1. The summed E-state index contributed by atoms with van der Waals surface area (Å²) in [7, 11) is 0. The molecule has 0 atom stereocenters. The van der Waals surface area contributed by atoms with Crippen molar-refractivity contribution in [1.29, 1.82) is 0 Å². The van der Waals surface area contributed by atoms with E-state index in [1.54, 1.807) is 6.20 Å². The summed E-state index contributed by atoms with van der Waals surface area (Å²) >= 11 is 5.54. The fraction of sp³-hybridized carbons (Fsp3) is 0.571. The molecule has 0 aromatic carbocycles. The van der Waals surface area contributed by atoms with Crippen molar-refractivity contribution in [3.63, 3.8) is 0 Å². The summed E-state index contributed by atoms with van der Waals surface area (Å²) in [6.45, 7) is 5.08. The predicted molar refractivity (Wildman–Crippen MR) is 48.2 cm³/mol. The van der Waals surface area contributed by atoms with E-state index in [0.717, 1.165) is 6.54 Å². The van der Waals surface area contributed by atoms with Crippen molar-refractivity contribution in [2.24, 2.45) is 5.92 Å². The predicted octanol–water partition coefficient (Wildman–Crippen LogP) is 1.59. The molecule has 1 heterocycles. The van der Waals surface area contributed by atoms with Gasteiger partial charge in [-0.1, -0.05) is 13.8 Å². The molecule has 0 radical (unpaired) electrons. The molecule has 0 amide bonds. The molecule has 0 aliphatic carbocycles. The van der Waals surface area contributed by atoms with Gasteiger partial charge in [-0.15, -0.1) is 5.10 Å². The van der Waals surface area contributed by atoms with Crippen LogP contribution in [0.2, 0.25) is 5.28 Å². The lowest BCUT2D eigenvalue weighted by Crippen LogP contribution is -2.09. The summed E-state index contributed by atoms with van der Waals surface area (Å²) < 4.78 is 0. The van der Waals surface area contributed by atoms with E-state index < -0.39 is 0 Å². The van der Waals surface area contributed by atoms with Gasteiger partial charge in [0.25, 0.3) is 0 Å². The van der Waals surface area contributed by atoms with Crippen LogP contribution in [0.15, 0.2) is 6.20 Å². The van der Waals surface area contributed by atoms with Gasteiger partial charge < -0.3 is 5.32 Å². The van der Waals surface area contributed by atoms with E-state index in [-0.39, 0.29) is 5.28 Å². The molecule has 0 aliphatic heterocycles. The maximum Gasteiger partial charge on any atom is 0.244 e. The molecule has 4 nitrogen and oxygen atoms in total. The van der Waals surface area contributed by atoms with E-state index >= 15 is 0 Å². The third-order valence-corrected chi connectivity index (χ3v) is 1.38. The molecule has 1 aromatic heterocycles. The van der Waals surface area contributed by atoms with E-state index in [9.17, 15) is 0 Å². The van der Waals surface area contributed by atoms with Crippen LogP contribution >= 0.6 is 11.6 Å². The molecule has 0 unspecified atom stereocenters. The molecule has 0 spiro atoms. The molecule has 0 saturated heterocycles. The van der Waals surface area contributed by atoms with Crippen molar-refractivity contribution in [2.75, 3.05) is 11.9 Å². The summed E-state index contributed by atoms with van der Waals surface area (Å²) in [5, 5.41) is 10.4. The monoisotopic (exact) mass is 186 g/mol. The quantitative estimate of drug-likeness (QED) is 0.779. The topological polar surface area (TPSA) is 50.7 Å². The van der Waals surface area contributed by atoms with Crippen LogP contribution in [0.4, 0.5) is 5.82 Å². The van der Waals surface area contributed by atoms with Crippen molar-refractivity contribution in [2.45, 2.75) is 13.8 Å². The number of anilines is 1. The second-order valence-electron chi connectivity index (χ2n) is 2.89. The smallest absolute Gasteiger partial charge is 0.244 e. The van der Waals surface area contributed by atoms with E-state index in [1.807, 2.05) is 0 Å². The molecule has 1 rings (SSSR count). The number of nitrogens with zero attached hydrogens (tertiary/aromatic N) is 3. The number of aromatic nitrogens is 3. The SMILES string of the molecule is CC(C)CNc1cnnc(Cl)n1. The minimum Gasteiger partial charge on any atom is -0.368 e. The zero-order valence-electron chi connectivity index (χ0n) is 7.08. The Balaban J connectivity index is 2.52. The Labute approximate surface area is 76.4 Å². The first-order chi connectivity index (χ1) is 5.68. The van der Waals surface area contributed by atoms with Crippen LogP contribution in [0.1, 0.15) is 13.8 Å². The van der Waals surface area contributed by atoms with Gasteiger partial charge in [0.05, 0.1) is 6.20 Å². The van der Waals surface area contributed by atoms with Crippen LogP contribution in [0.25, 0.3) is 0 Å². The highest BCUT2D eigenvalue weighted by molar-refractivity contribution is 6.28. The van der Waals surface area contributed by atoms with Crippen molar-refractivity contribution in [3.8, 4) is 0 Å². The Kier molecular flexibility index (Phi) is 3.22. The third kappa shape index (κ3) is 3.00. The van der Waals surface area contributed by atoms with E-state index in [2.05, 4.69) is 34.3 Å². The zero-order chi connectivity index (χ0) is 8.97. The molecule has 0 saturated carbocycles. The Morgan fingerprint density at radius 2 is 2.33 bits per heavy atom. The van der Waals surface area contributed by atoms with Gasteiger partial charge in [0, 0.05) is 6.54 Å². The number of rotatable bonds is 3. The average Bonchev–Trinajstić information content (AvgIpc) is 2.01. The molecular weight excluding hydrogens is 176 g/mol. The highest BCUT2D eigenvalue weighted by Crippen LogP contribution is 2.04. The third-order valence-electron chi connectivity index (χ3n) is 1.22. The van der Waals surface area contributed by atoms with Gasteiger partial charge in [0.1, 0.15) is 5.82 Å². The summed E-state index contributed by atoms with van der Waals surface area (Å²) in [6, 6.07) is 0. The van der Waals surface area contributed by atoms with Gasteiger partial charge in [-0.05, 0) is 17.5 Å². The Hall–Kier alpha value is -0.900. The molecule has 12 heavy (non-hydrogen) atoms. The van der Waals surface area contributed by atoms with Gasteiger partial charge >= 0.3 is 0 Å². The van der Waals surface area contributed by atoms with Crippen molar-refractivity contribution in [1.82, 2.24) is 15.2 Å². The zero-order valence-corrected chi connectivity index (χ0v) is 7.84. The highest BCUT2D eigenvalue weighted by Gasteiger charge is 1.97. The van der Waals surface area contributed by atoms with Crippen molar-refractivity contribution in [3.05, 3.63) is 11.5 Å². The number of nitrogens with one attached hydrogen (secondary N) is 1.